The number of hydrogen-bond donors (Lipinski definition) is 2. The molecule has 0 fully saturated rings. The van der Waals surface area contributed by atoms with E-state index in [0.29, 0.717) is 37.4 Å². The van der Waals surface area contributed by atoms with E-state index in [4.69, 9.17) is 9.47 Å². The summed E-state index contributed by atoms with van der Waals surface area (Å²) in [6, 6.07) is 28.9. The number of ether oxygens (including phenoxy) is 2. The summed E-state index contributed by atoms with van der Waals surface area (Å²) in [5.74, 6) is 1.84. The second kappa shape index (κ2) is 31.0. The minimum absolute atomic E-state index is 0.0892. The molecule has 2 N–H and O–H groups in total. The first kappa shape index (κ1) is 50.8. The van der Waals surface area contributed by atoms with Gasteiger partial charge in [0.25, 0.3) is 11.8 Å². The molecule has 4 aromatic carbocycles. The highest BCUT2D eigenvalue weighted by Crippen LogP contribution is 2.40. The third kappa shape index (κ3) is 18.8. The molecule has 8 heteroatoms. The predicted molar refractivity (Wildman–Crippen MR) is 265 cm³/mol. The van der Waals surface area contributed by atoms with Crippen molar-refractivity contribution in [1.82, 2.24) is 10.6 Å². The van der Waals surface area contributed by atoms with E-state index < -0.39 is 0 Å². The highest BCUT2D eigenvalue weighted by Gasteiger charge is 2.16. The average Bonchev–Trinajstić information content (AvgIpc) is 3.29. The Morgan fingerprint density at radius 1 is 0.452 bits per heavy atom. The first-order valence-electron chi connectivity index (χ1n) is 24.0. The number of hydrogen-bond acceptors (Lipinski definition) is 6. The van der Waals surface area contributed by atoms with Crippen LogP contribution in [0.1, 0.15) is 173 Å². The zero-order valence-electron chi connectivity index (χ0n) is 38.5. The molecule has 4 aromatic rings. The third-order valence-electron chi connectivity index (χ3n) is 11.2. The Labute approximate surface area is 383 Å². The Bertz CT molecular complexity index is 1750. The van der Waals surface area contributed by atoms with Crippen LogP contribution in [0.3, 0.4) is 0 Å². The van der Waals surface area contributed by atoms with Gasteiger partial charge in [0, 0.05) is 22.9 Å². The predicted octanol–water partition coefficient (Wildman–Crippen LogP) is 14.6. The second-order valence-corrected chi connectivity index (χ2v) is 18.7. The van der Waals surface area contributed by atoms with Crippen LogP contribution >= 0.6 is 21.6 Å². The monoisotopic (exact) mass is 881 g/mol. The molecule has 0 unspecified atom stereocenters. The minimum Gasteiger partial charge on any atom is -0.493 e. The number of nitrogens with one attached hydrogen (secondary N) is 2. The molecule has 0 aliphatic heterocycles. The first-order valence-corrected chi connectivity index (χ1v) is 26.2. The molecule has 6 nitrogen and oxygen atoms in total. The van der Waals surface area contributed by atoms with E-state index in [0.717, 1.165) is 72.7 Å². The van der Waals surface area contributed by atoms with Crippen molar-refractivity contribution in [2.75, 3.05) is 26.3 Å². The fraction of sp³-hybridized carbons (Fsp3) is 0.519. The van der Waals surface area contributed by atoms with Crippen LogP contribution in [0.25, 0.3) is 0 Å². The van der Waals surface area contributed by atoms with Crippen LogP contribution in [0.4, 0.5) is 0 Å². The van der Waals surface area contributed by atoms with Gasteiger partial charge in [0.15, 0.2) is 0 Å². The number of carbonyl (C=O) groups is 2. The highest BCUT2D eigenvalue weighted by atomic mass is 33.1. The number of unbranched alkanes of at least 4 members (excludes halogenated alkanes) is 10. The fourth-order valence-corrected chi connectivity index (χ4v) is 9.85. The number of amides is 2. The Kier molecular flexibility index (Phi) is 25.4. The zero-order chi connectivity index (χ0) is 44.0. The summed E-state index contributed by atoms with van der Waals surface area (Å²) in [4.78, 5) is 28.5. The molecule has 0 bridgehead atoms. The molecule has 0 radical (unpaired) electrons. The lowest BCUT2D eigenvalue weighted by Crippen LogP contribution is -2.25. The molecule has 0 aliphatic rings. The van der Waals surface area contributed by atoms with E-state index in [1.54, 1.807) is 0 Å². The third-order valence-corrected chi connectivity index (χ3v) is 13.7. The summed E-state index contributed by atoms with van der Waals surface area (Å²) in [5.41, 5.74) is 6.75. The van der Waals surface area contributed by atoms with Crippen molar-refractivity contribution in [1.29, 1.82) is 0 Å². The molecule has 0 atom stereocenters. The van der Waals surface area contributed by atoms with Gasteiger partial charge in [-0.3, -0.25) is 9.59 Å². The summed E-state index contributed by atoms with van der Waals surface area (Å²) in [6.07, 6.45) is 22.5. The maximum atomic E-state index is 13.4. The van der Waals surface area contributed by atoms with Gasteiger partial charge in [-0.1, -0.05) is 149 Å². The van der Waals surface area contributed by atoms with E-state index in [1.165, 1.54) is 121 Å². The van der Waals surface area contributed by atoms with Gasteiger partial charge in [-0.25, -0.2) is 0 Å². The van der Waals surface area contributed by atoms with Gasteiger partial charge in [0.1, 0.15) is 11.5 Å². The van der Waals surface area contributed by atoms with Crippen molar-refractivity contribution >= 4 is 33.4 Å². The minimum atomic E-state index is -0.0892. The molecule has 0 aromatic heterocycles. The molecule has 4 rings (SSSR count). The van der Waals surface area contributed by atoms with Gasteiger partial charge in [-0.15, -0.1) is 0 Å². The van der Waals surface area contributed by atoms with Crippen LogP contribution in [0.15, 0.2) is 94.7 Å². The number of aryl methyl sites for hydroxylation is 4. The van der Waals surface area contributed by atoms with Crippen molar-refractivity contribution in [2.24, 2.45) is 0 Å². The van der Waals surface area contributed by atoms with E-state index >= 15 is 0 Å². The van der Waals surface area contributed by atoms with Gasteiger partial charge in [0.2, 0.25) is 0 Å². The summed E-state index contributed by atoms with van der Waals surface area (Å²) >= 11 is 0. The molecular formula is C54H76N2O4S2. The largest absolute Gasteiger partial charge is 0.493 e. The van der Waals surface area contributed by atoms with Crippen molar-refractivity contribution in [3.05, 3.63) is 118 Å². The topological polar surface area (TPSA) is 76.7 Å². The Hall–Kier alpha value is -3.88. The number of benzene rings is 4. The standard InChI is InChI=1S/C54H76N2O4S2/c1-5-9-13-25-43-33-35-49(45(41-43)27-15-11-7-3)59-39-23-21-37-55-53(57)47-29-17-19-31-51(47)61-62-52-32-20-18-30-48(52)54(58)56-38-22-24-40-60-50-36-34-44(26-14-10-6-2)42-46(50)28-16-12-8-4/h17-20,29-36,41-42H,5-16,21-28,37-40H2,1-4H3,(H,55,57)(H,56,58). The molecule has 2 amide bonds. The second-order valence-electron chi connectivity index (χ2n) is 16.5. The highest BCUT2D eigenvalue weighted by molar-refractivity contribution is 8.76. The quantitative estimate of drug-likeness (QED) is 0.0367. The molecule has 0 aliphatic carbocycles. The van der Waals surface area contributed by atoms with Gasteiger partial charge < -0.3 is 20.1 Å². The van der Waals surface area contributed by atoms with Gasteiger partial charge in [0.05, 0.1) is 24.3 Å². The van der Waals surface area contributed by atoms with E-state index in [1.807, 2.05) is 48.5 Å². The first-order chi connectivity index (χ1) is 30.5. The summed E-state index contributed by atoms with van der Waals surface area (Å²) < 4.78 is 12.6. The van der Waals surface area contributed by atoms with Crippen LogP contribution in [0.2, 0.25) is 0 Å². The van der Waals surface area contributed by atoms with Crippen molar-refractivity contribution < 1.29 is 19.1 Å². The molecular weight excluding hydrogens is 805 g/mol. The Morgan fingerprint density at radius 2 is 0.839 bits per heavy atom. The van der Waals surface area contributed by atoms with E-state index in [9.17, 15) is 9.59 Å². The fourth-order valence-electron chi connectivity index (χ4n) is 7.49. The number of rotatable bonds is 33. The van der Waals surface area contributed by atoms with Crippen molar-refractivity contribution in [3.63, 3.8) is 0 Å². The Balaban J connectivity index is 1.19. The lowest BCUT2D eigenvalue weighted by molar-refractivity contribution is 0.0941. The van der Waals surface area contributed by atoms with Crippen LogP contribution in [-0.4, -0.2) is 38.1 Å². The molecule has 338 valence electrons. The van der Waals surface area contributed by atoms with E-state index in [-0.39, 0.29) is 11.8 Å². The summed E-state index contributed by atoms with van der Waals surface area (Å²) in [6.45, 7) is 11.4. The zero-order valence-corrected chi connectivity index (χ0v) is 40.1. The van der Waals surface area contributed by atoms with Crippen LogP contribution in [0.5, 0.6) is 11.5 Å². The lowest BCUT2D eigenvalue weighted by Gasteiger charge is -2.14. The van der Waals surface area contributed by atoms with E-state index in [2.05, 4.69) is 74.7 Å². The Morgan fingerprint density at radius 3 is 1.24 bits per heavy atom. The maximum absolute atomic E-state index is 13.4. The SMILES string of the molecule is CCCCCc1ccc(OCCCCNC(=O)c2ccccc2SSc2ccccc2C(=O)NCCCCOc2ccc(CCCCC)cc2CCCCC)c(CCCCC)c1. The lowest BCUT2D eigenvalue weighted by atomic mass is 10.00. The van der Waals surface area contributed by atoms with Crippen molar-refractivity contribution in [3.8, 4) is 11.5 Å². The maximum Gasteiger partial charge on any atom is 0.252 e. The average molecular weight is 881 g/mol. The smallest absolute Gasteiger partial charge is 0.252 e. The van der Waals surface area contributed by atoms with Gasteiger partial charge in [-0.2, -0.15) is 0 Å². The summed E-state index contributed by atoms with van der Waals surface area (Å²) in [7, 11) is 3.01. The van der Waals surface area contributed by atoms with Crippen LogP contribution < -0.4 is 20.1 Å². The normalized spacial score (nSPS) is 11.1. The van der Waals surface area contributed by atoms with Crippen molar-refractivity contribution in [2.45, 2.75) is 166 Å². The molecule has 62 heavy (non-hydrogen) atoms. The molecule has 0 saturated heterocycles. The molecule has 0 heterocycles. The summed E-state index contributed by atoms with van der Waals surface area (Å²) in [5, 5.41) is 6.25. The van der Waals surface area contributed by atoms with Crippen LogP contribution in [0, 0.1) is 0 Å². The molecule has 0 spiro atoms. The molecule has 0 saturated carbocycles. The van der Waals surface area contributed by atoms with Gasteiger partial charge >= 0.3 is 0 Å². The number of carbonyl (C=O) groups excluding carboxylic acids is 2. The van der Waals surface area contributed by atoms with Crippen LogP contribution in [-0.2, 0) is 25.7 Å². The van der Waals surface area contributed by atoms with Gasteiger partial charge in [-0.05, 0) is 136 Å².